The second kappa shape index (κ2) is 8.39. The highest BCUT2D eigenvalue weighted by Crippen LogP contribution is 2.10. The Bertz CT molecular complexity index is 552. The molecule has 22 heavy (non-hydrogen) atoms. The van der Waals surface area contributed by atoms with E-state index < -0.39 is 6.04 Å². The maximum Gasteiger partial charge on any atom is 0.240 e. The van der Waals surface area contributed by atoms with Gasteiger partial charge in [0.15, 0.2) is 0 Å². The SMILES string of the molecule is CCCCN(Cc1ccco1)C(=O)[C@@H](N)Cc1ccccc1. The van der Waals surface area contributed by atoms with Crippen molar-refractivity contribution in [3.8, 4) is 0 Å². The Morgan fingerprint density at radius 3 is 2.64 bits per heavy atom. The summed E-state index contributed by atoms with van der Waals surface area (Å²) in [5, 5.41) is 0. The van der Waals surface area contributed by atoms with Crippen molar-refractivity contribution in [3.05, 3.63) is 60.1 Å². The van der Waals surface area contributed by atoms with Crippen LogP contribution < -0.4 is 5.73 Å². The Kier molecular flexibility index (Phi) is 6.22. The van der Waals surface area contributed by atoms with Crippen molar-refractivity contribution in [1.29, 1.82) is 0 Å². The highest BCUT2D eigenvalue weighted by atomic mass is 16.3. The lowest BCUT2D eigenvalue weighted by Gasteiger charge is -2.25. The molecular formula is C18H24N2O2. The zero-order valence-electron chi connectivity index (χ0n) is 13.1. The van der Waals surface area contributed by atoms with E-state index in [1.54, 1.807) is 11.2 Å². The van der Waals surface area contributed by atoms with E-state index in [-0.39, 0.29) is 5.91 Å². The van der Waals surface area contributed by atoms with Crippen molar-refractivity contribution in [3.63, 3.8) is 0 Å². The number of furan rings is 1. The van der Waals surface area contributed by atoms with Crippen LogP contribution in [0.2, 0.25) is 0 Å². The maximum atomic E-state index is 12.6. The van der Waals surface area contributed by atoms with E-state index in [1.807, 2.05) is 42.5 Å². The molecule has 0 aliphatic heterocycles. The van der Waals surface area contributed by atoms with Gasteiger partial charge < -0.3 is 15.1 Å². The zero-order valence-corrected chi connectivity index (χ0v) is 13.1. The Hall–Kier alpha value is -2.07. The van der Waals surface area contributed by atoms with E-state index in [9.17, 15) is 4.79 Å². The largest absolute Gasteiger partial charge is 0.467 e. The van der Waals surface area contributed by atoms with Gasteiger partial charge in [-0.15, -0.1) is 0 Å². The molecule has 1 amide bonds. The first-order valence-electron chi connectivity index (χ1n) is 7.81. The monoisotopic (exact) mass is 300 g/mol. The number of carbonyl (C=O) groups excluding carboxylic acids is 1. The third-order valence-corrected chi connectivity index (χ3v) is 3.64. The molecule has 0 saturated heterocycles. The van der Waals surface area contributed by atoms with Crippen LogP contribution in [-0.4, -0.2) is 23.4 Å². The molecule has 1 aromatic heterocycles. The molecule has 0 aliphatic carbocycles. The van der Waals surface area contributed by atoms with Crippen molar-refractivity contribution in [2.24, 2.45) is 5.73 Å². The van der Waals surface area contributed by atoms with E-state index in [0.717, 1.165) is 24.2 Å². The fourth-order valence-electron chi connectivity index (χ4n) is 2.40. The van der Waals surface area contributed by atoms with Crippen LogP contribution in [0, 0.1) is 0 Å². The van der Waals surface area contributed by atoms with Gasteiger partial charge in [0, 0.05) is 6.54 Å². The number of amides is 1. The first kappa shape index (κ1) is 16.3. The predicted molar refractivity (Wildman–Crippen MR) is 87.2 cm³/mol. The fraction of sp³-hybridized carbons (Fsp3) is 0.389. The molecule has 4 heteroatoms. The van der Waals surface area contributed by atoms with Gasteiger partial charge in [-0.3, -0.25) is 4.79 Å². The normalized spacial score (nSPS) is 12.1. The van der Waals surface area contributed by atoms with Crippen LogP contribution >= 0.6 is 0 Å². The van der Waals surface area contributed by atoms with Gasteiger partial charge in [-0.2, -0.15) is 0 Å². The second-order valence-corrected chi connectivity index (χ2v) is 5.49. The van der Waals surface area contributed by atoms with Crippen LogP contribution in [0.3, 0.4) is 0 Å². The van der Waals surface area contributed by atoms with Gasteiger partial charge in [-0.25, -0.2) is 0 Å². The Morgan fingerprint density at radius 2 is 2.00 bits per heavy atom. The summed E-state index contributed by atoms with van der Waals surface area (Å²) in [7, 11) is 0. The second-order valence-electron chi connectivity index (χ2n) is 5.49. The molecule has 1 heterocycles. The lowest BCUT2D eigenvalue weighted by Crippen LogP contribution is -2.45. The van der Waals surface area contributed by atoms with Gasteiger partial charge in [0.25, 0.3) is 0 Å². The van der Waals surface area contributed by atoms with E-state index in [0.29, 0.717) is 19.5 Å². The topological polar surface area (TPSA) is 59.5 Å². The molecule has 2 aromatic rings. The molecule has 1 atom stereocenters. The molecule has 0 aliphatic rings. The average molecular weight is 300 g/mol. The third kappa shape index (κ3) is 4.74. The van der Waals surface area contributed by atoms with E-state index in [4.69, 9.17) is 10.2 Å². The summed E-state index contributed by atoms with van der Waals surface area (Å²) < 4.78 is 5.36. The molecular weight excluding hydrogens is 276 g/mol. The molecule has 1 aromatic carbocycles. The van der Waals surface area contributed by atoms with Crippen molar-refractivity contribution >= 4 is 5.91 Å². The molecule has 0 radical (unpaired) electrons. The minimum Gasteiger partial charge on any atom is -0.467 e. The number of nitrogens with zero attached hydrogens (tertiary/aromatic N) is 1. The van der Waals surface area contributed by atoms with Crippen LogP contribution in [-0.2, 0) is 17.8 Å². The smallest absolute Gasteiger partial charge is 0.240 e. The summed E-state index contributed by atoms with van der Waals surface area (Å²) in [4.78, 5) is 14.4. The van der Waals surface area contributed by atoms with Gasteiger partial charge in [-0.05, 0) is 30.5 Å². The number of hydrogen-bond donors (Lipinski definition) is 1. The van der Waals surface area contributed by atoms with Crippen LogP contribution in [0.1, 0.15) is 31.1 Å². The van der Waals surface area contributed by atoms with Crippen molar-refractivity contribution < 1.29 is 9.21 Å². The van der Waals surface area contributed by atoms with Gasteiger partial charge in [-0.1, -0.05) is 43.7 Å². The molecule has 2 rings (SSSR count). The number of rotatable bonds is 8. The van der Waals surface area contributed by atoms with Gasteiger partial charge in [0.2, 0.25) is 5.91 Å². The summed E-state index contributed by atoms with van der Waals surface area (Å²) in [6.45, 7) is 3.30. The van der Waals surface area contributed by atoms with E-state index in [1.165, 1.54) is 0 Å². The first-order chi connectivity index (χ1) is 10.7. The van der Waals surface area contributed by atoms with Crippen LogP contribution in [0.25, 0.3) is 0 Å². The van der Waals surface area contributed by atoms with Crippen LogP contribution in [0.15, 0.2) is 53.1 Å². The standard InChI is InChI=1S/C18H24N2O2/c1-2-3-11-20(14-16-10-7-12-22-16)18(21)17(19)13-15-8-5-4-6-9-15/h4-10,12,17H,2-3,11,13-14,19H2,1H3/t17-/m0/s1. The molecule has 118 valence electrons. The Labute approximate surface area is 131 Å². The quantitative estimate of drug-likeness (QED) is 0.815. The number of nitrogens with two attached hydrogens (primary N) is 1. The summed E-state index contributed by atoms with van der Waals surface area (Å²) in [5.74, 6) is 0.769. The zero-order chi connectivity index (χ0) is 15.8. The molecule has 0 saturated carbocycles. The molecule has 0 bridgehead atoms. The number of hydrogen-bond acceptors (Lipinski definition) is 3. The first-order valence-corrected chi connectivity index (χ1v) is 7.81. The number of unbranched alkanes of at least 4 members (excludes halogenated alkanes) is 1. The fourth-order valence-corrected chi connectivity index (χ4v) is 2.40. The third-order valence-electron chi connectivity index (χ3n) is 3.64. The lowest BCUT2D eigenvalue weighted by atomic mass is 10.1. The van der Waals surface area contributed by atoms with Gasteiger partial charge >= 0.3 is 0 Å². The van der Waals surface area contributed by atoms with Crippen molar-refractivity contribution in [1.82, 2.24) is 4.90 Å². The molecule has 2 N–H and O–H groups in total. The molecule has 4 nitrogen and oxygen atoms in total. The minimum absolute atomic E-state index is 0.0197. The summed E-state index contributed by atoms with van der Waals surface area (Å²) >= 11 is 0. The van der Waals surface area contributed by atoms with Crippen LogP contribution in [0.4, 0.5) is 0 Å². The molecule has 0 unspecified atom stereocenters. The summed E-state index contributed by atoms with van der Waals surface area (Å²) in [6.07, 6.45) is 4.18. The van der Waals surface area contributed by atoms with Crippen LogP contribution in [0.5, 0.6) is 0 Å². The van der Waals surface area contributed by atoms with Gasteiger partial charge in [0.05, 0.1) is 18.8 Å². The lowest BCUT2D eigenvalue weighted by molar-refractivity contribution is -0.133. The van der Waals surface area contributed by atoms with Gasteiger partial charge in [0.1, 0.15) is 5.76 Å². The van der Waals surface area contributed by atoms with E-state index >= 15 is 0 Å². The highest BCUT2D eigenvalue weighted by molar-refractivity contribution is 5.82. The predicted octanol–water partition coefficient (Wildman–Crippen LogP) is 2.98. The Balaban J connectivity index is 2.00. The number of carbonyl (C=O) groups is 1. The van der Waals surface area contributed by atoms with Crippen molar-refractivity contribution in [2.75, 3.05) is 6.54 Å². The van der Waals surface area contributed by atoms with Crippen molar-refractivity contribution in [2.45, 2.75) is 38.8 Å². The minimum atomic E-state index is -0.519. The molecule has 0 fully saturated rings. The van der Waals surface area contributed by atoms with E-state index in [2.05, 4.69) is 6.92 Å². The maximum absolute atomic E-state index is 12.6. The summed E-state index contributed by atoms with van der Waals surface area (Å²) in [6, 6.07) is 13.1. The summed E-state index contributed by atoms with van der Waals surface area (Å²) in [5.41, 5.74) is 7.21. The molecule has 0 spiro atoms. The Morgan fingerprint density at radius 1 is 1.23 bits per heavy atom. The number of benzene rings is 1. The average Bonchev–Trinajstić information content (AvgIpc) is 3.04. The highest BCUT2D eigenvalue weighted by Gasteiger charge is 2.21.